The van der Waals surface area contributed by atoms with E-state index in [-0.39, 0.29) is 4.90 Å². The average Bonchev–Trinajstić information content (AvgIpc) is 2.30. The Morgan fingerprint density at radius 2 is 1.50 bits per heavy atom. The minimum Gasteiger partial charge on any atom is -0.769 e. The molecular formula is C12H15O3S-. The summed E-state index contributed by atoms with van der Waals surface area (Å²) < 4.78 is 29.3. The molecule has 0 aliphatic rings. The summed E-state index contributed by atoms with van der Waals surface area (Å²) in [4.78, 5) is 0.0654. The highest BCUT2D eigenvalue weighted by molar-refractivity contribution is 8.19. The summed E-state index contributed by atoms with van der Waals surface area (Å²) in [5.41, 5.74) is 0. The summed E-state index contributed by atoms with van der Waals surface area (Å²) in [5, 5.41) is 1.44. The SMILES string of the molecule is CC.[O-]S(O)(O)c1cccc2ccccc12. The van der Waals surface area contributed by atoms with Crippen molar-refractivity contribution in [2.45, 2.75) is 18.7 Å². The van der Waals surface area contributed by atoms with Crippen molar-refractivity contribution in [1.29, 1.82) is 0 Å². The van der Waals surface area contributed by atoms with Crippen LogP contribution in [0.5, 0.6) is 0 Å². The van der Waals surface area contributed by atoms with E-state index < -0.39 is 10.9 Å². The van der Waals surface area contributed by atoms with Crippen LogP contribution in [0.2, 0.25) is 0 Å². The van der Waals surface area contributed by atoms with Crippen molar-refractivity contribution in [3.05, 3.63) is 42.5 Å². The highest BCUT2D eigenvalue weighted by Crippen LogP contribution is 2.46. The molecule has 16 heavy (non-hydrogen) atoms. The van der Waals surface area contributed by atoms with Gasteiger partial charge in [-0.25, -0.2) is 0 Å². The second-order valence-corrected chi connectivity index (χ2v) is 4.41. The second kappa shape index (κ2) is 5.32. The first kappa shape index (κ1) is 13.0. The van der Waals surface area contributed by atoms with Gasteiger partial charge in [0.25, 0.3) is 0 Å². The van der Waals surface area contributed by atoms with Gasteiger partial charge in [-0.05, 0) is 16.8 Å². The third kappa shape index (κ3) is 2.74. The van der Waals surface area contributed by atoms with Crippen molar-refractivity contribution in [1.82, 2.24) is 0 Å². The standard InChI is InChI=1S/C10H10O3S.C2H6/c11-14(12,13)10-7-3-5-8-4-1-2-6-9(8)10;1-2/h1-7,11-13H;1-2H3/p-1. The lowest BCUT2D eigenvalue weighted by Gasteiger charge is -2.34. The number of rotatable bonds is 1. The van der Waals surface area contributed by atoms with Crippen molar-refractivity contribution >= 4 is 21.6 Å². The highest BCUT2D eigenvalue weighted by Gasteiger charge is 2.08. The molecular weight excluding hydrogens is 224 g/mol. The van der Waals surface area contributed by atoms with Gasteiger partial charge in [0.05, 0.1) is 0 Å². The van der Waals surface area contributed by atoms with Crippen molar-refractivity contribution in [3.63, 3.8) is 0 Å². The normalized spacial score (nSPS) is 11.8. The molecule has 88 valence electrons. The molecule has 0 unspecified atom stereocenters. The Hall–Kier alpha value is -1.07. The lowest BCUT2D eigenvalue weighted by Crippen LogP contribution is -1.96. The molecule has 4 heteroatoms. The largest absolute Gasteiger partial charge is 0.769 e. The van der Waals surface area contributed by atoms with Gasteiger partial charge in [-0.1, -0.05) is 61.1 Å². The maximum atomic E-state index is 11.1. The summed E-state index contributed by atoms with van der Waals surface area (Å²) in [5.74, 6) is 0. The molecule has 0 amide bonds. The van der Waals surface area contributed by atoms with E-state index in [1.165, 1.54) is 6.07 Å². The minimum absolute atomic E-state index is 0.0654. The molecule has 0 saturated heterocycles. The van der Waals surface area contributed by atoms with E-state index in [4.69, 9.17) is 9.11 Å². The first-order chi connectivity index (χ1) is 7.59. The summed E-state index contributed by atoms with van der Waals surface area (Å²) in [7, 11) is -3.88. The predicted octanol–water partition coefficient (Wildman–Crippen LogP) is 4.11. The molecule has 0 aliphatic heterocycles. The fraction of sp³-hybridized carbons (Fsp3) is 0.167. The van der Waals surface area contributed by atoms with Gasteiger partial charge in [0.15, 0.2) is 0 Å². The van der Waals surface area contributed by atoms with Gasteiger partial charge in [-0.15, -0.1) is 0 Å². The average molecular weight is 239 g/mol. The van der Waals surface area contributed by atoms with Crippen molar-refractivity contribution < 1.29 is 13.7 Å². The molecule has 0 atom stereocenters. The van der Waals surface area contributed by atoms with E-state index in [0.29, 0.717) is 5.39 Å². The van der Waals surface area contributed by atoms with Gasteiger partial charge < -0.3 is 13.7 Å². The van der Waals surface area contributed by atoms with E-state index in [0.717, 1.165) is 5.39 Å². The Kier molecular flexibility index (Phi) is 4.32. The molecule has 2 aromatic carbocycles. The van der Waals surface area contributed by atoms with Crippen LogP contribution in [-0.2, 0) is 0 Å². The number of fused-ring (bicyclic) bond motifs is 1. The molecule has 0 bridgehead atoms. The van der Waals surface area contributed by atoms with E-state index in [1.54, 1.807) is 18.2 Å². The van der Waals surface area contributed by atoms with E-state index in [9.17, 15) is 4.55 Å². The fourth-order valence-corrected chi connectivity index (χ4v) is 2.16. The summed E-state index contributed by atoms with van der Waals surface area (Å²) in [6, 6.07) is 12.0. The predicted molar refractivity (Wildman–Crippen MR) is 67.2 cm³/mol. The van der Waals surface area contributed by atoms with Crippen LogP contribution in [0.3, 0.4) is 0 Å². The highest BCUT2D eigenvalue weighted by atomic mass is 32.3. The van der Waals surface area contributed by atoms with Crippen molar-refractivity contribution in [2.75, 3.05) is 0 Å². The summed E-state index contributed by atoms with van der Waals surface area (Å²) in [6.45, 7) is 4.00. The fourth-order valence-electron chi connectivity index (χ4n) is 1.43. The zero-order chi connectivity index (χ0) is 12.2. The molecule has 0 heterocycles. The molecule has 2 N–H and O–H groups in total. The molecule has 3 nitrogen and oxygen atoms in total. The van der Waals surface area contributed by atoms with E-state index in [1.807, 2.05) is 32.0 Å². The first-order valence-corrected chi connectivity index (χ1v) is 6.53. The van der Waals surface area contributed by atoms with Crippen LogP contribution < -0.4 is 0 Å². The molecule has 0 saturated carbocycles. The quantitative estimate of drug-likeness (QED) is 0.787. The Labute approximate surface area is 96.9 Å². The summed E-state index contributed by atoms with van der Waals surface area (Å²) >= 11 is 0. The van der Waals surface area contributed by atoms with E-state index >= 15 is 0 Å². The zero-order valence-electron chi connectivity index (χ0n) is 9.25. The molecule has 0 fully saturated rings. The molecule has 0 aromatic heterocycles. The number of benzene rings is 2. The smallest absolute Gasteiger partial charge is 0.0313 e. The topological polar surface area (TPSA) is 63.5 Å². The third-order valence-corrected chi connectivity index (χ3v) is 2.97. The van der Waals surface area contributed by atoms with Gasteiger partial charge in [0.2, 0.25) is 0 Å². The van der Waals surface area contributed by atoms with Gasteiger partial charge in [0, 0.05) is 4.90 Å². The van der Waals surface area contributed by atoms with Crippen molar-refractivity contribution in [2.24, 2.45) is 0 Å². The monoisotopic (exact) mass is 239 g/mol. The van der Waals surface area contributed by atoms with Gasteiger partial charge in [0.1, 0.15) is 0 Å². The van der Waals surface area contributed by atoms with Crippen molar-refractivity contribution in [3.8, 4) is 0 Å². The maximum Gasteiger partial charge on any atom is 0.0313 e. The lowest BCUT2D eigenvalue weighted by molar-refractivity contribution is 0.362. The molecule has 2 rings (SSSR count). The lowest BCUT2D eigenvalue weighted by atomic mass is 10.1. The zero-order valence-corrected chi connectivity index (χ0v) is 10.1. The summed E-state index contributed by atoms with van der Waals surface area (Å²) in [6.07, 6.45) is 0. The number of hydrogen-bond acceptors (Lipinski definition) is 3. The Balaban J connectivity index is 0.000000606. The second-order valence-electron chi connectivity index (χ2n) is 2.97. The molecule has 2 aromatic rings. The molecule has 0 aliphatic carbocycles. The molecule has 0 spiro atoms. The Bertz CT molecular complexity index is 458. The minimum atomic E-state index is -3.88. The van der Waals surface area contributed by atoms with Gasteiger partial charge in [-0.2, -0.15) is 0 Å². The van der Waals surface area contributed by atoms with Crippen LogP contribution in [0.4, 0.5) is 0 Å². The Morgan fingerprint density at radius 3 is 2.12 bits per heavy atom. The number of hydrogen-bond donors (Lipinski definition) is 2. The Morgan fingerprint density at radius 1 is 0.938 bits per heavy atom. The van der Waals surface area contributed by atoms with Crippen LogP contribution in [0, 0.1) is 0 Å². The maximum absolute atomic E-state index is 11.1. The van der Waals surface area contributed by atoms with Crippen LogP contribution in [0.1, 0.15) is 13.8 Å². The van der Waals surface area contributed by atoms with Crippen LogP contribution >= 0.6 is 10.9 Å². The first-order valence-electron chi connectivity index (χ1n) is 5.06. The third-order valence-electron chi connectivity index (χ3n) is 2.04. The van der Waals surface area contributed by atoms with Gasteiger partial charge >= 0.3 is 0 Å². The van der Waals surface area contributed by atoms with E-state index in [2.05, 4.69) is 0 Å². The van der Waals surface area contributed by atoms with Crippen LogP contribution in [0.15, 0.2) is 47.4 Å². The van der Waals surface area contributed by atoms with Crippen LogP contribution in [0.25, 0.3) is 10.8 Å². The van der Waals surface area contributed by atoms with Gasteiger partial charge in [-0.3, -0.25) is 0 Å². The van der Waals surface area contributed by atoms with Crippen LogP contribution in [-0.4, -0.2) is 13.7 Å². The molecule has 0 radical (unpaired) electrons.